The summed E-state index contributed by atoms with van der Waals surface area (Å²) in [6, 6.07) is 14.6. The van der Waals surface area contributed by atoms with Gasteiger partial charge in [-0.05, 0) is 0 Å². The van der Waals surface area contributed by atoms with E-state index in [-0.39, 0.29) is 37.2 Å². The predicted molar refractivity (Wildman–Crippen MR) is 172 cm³/mol. The first-order valence-electron chi connectivity index (χ1n) is 14.5. The SMILES string of the molecule is COc1c(C)cc([Si]([Ti+3][C]2=C(C)C(C)=C(C)C2C)(c2cc(C)c(OC)c(C)c2)c2cc(C)c(OC)c(C)c2)cc1C.[Cl-].[Cl-].[Cl-]. The Labute approximate surface area is 293 Å². The van der Waals surface area contributed by atoms with Gasteiger partial charge in [0.15, 0.2) is 0 Å². The van der Waals surface area contributed by atoms with Crippen LogP contribution in [0.15, 0.2) is 57.0 Å². The number of allylic oxidation sites excluding steroid dienone is 4. The molecule has 0 fully saturated rings. The van der Waals surface area contributed by atoms with Gasteiger partial charge in [-0.15, -0.1) is 0 Å². The summed E-state index contributed by atoms with van der Waals surface area (Å²) in [6.07, 6.45) is 0. The third-order valence-corrected chi connectivity index (χ3v) is 21.7. The van der Waals surface area contributed by atoms with Crippen LogP contribution in [0.3, 0.4) is 0 Å². The maximum absolute atomic E-state index is 5.86. The minimum atomic E-state index is -2.55. The van der Waals surface area contributed by atoms with Crippen molar-refractivity contribution in [1.29, 1.82) is 0 Å². The molecule has 4 rings (SSSR count). The molecule has 0 heterocycles. The molecule has 1 unspecified atom stereocenters. The molecule has 0 aromatic heterocycles. The van der Waals surface area contributed by atoms with Crippen molar-refractivity contribution in [1.82, 2.24) is 0 Å². The molecule has 1 aliphatic rings. The molecule has 0 saturated heterocycles. The molecule has 0 spiro atoms. The molecule has 237 valence electrons. The van der Waals surface area contributed by atoms with Gasteiger partial charge in [0.05, 0.1) is 0 Å². The maximum atomic E-state index is 5.86. The molecule has 8 heteroatoms. The average Bonchev–Trinajstić information content (AvgIpc) is 3.08. The summed E-state index contributed by atoms with van der Waals surface area (Å²) in [5, 5.41) is 4.41. The van der Waals surface area contributed by atoms with E-state index < -0.39 is 24.3 Å². The molecule has 0 aliphatic heterocycles. The van der Waals surface area contributed by atoms with E-state index >= 15 is 0 Å². The number of hydrogen-bond donors (Lipinski definition) is 0. The van der Waals surface area contributed by atoms with Crippen molar-refractivity contribution in [3.05, 3.63) is 90.4 Å². The molecule has 1 aliphatic carbocycles. The second-order valence-electron chi connectivity index (χ2n) is 11.9. The quantitative estimate of drug-likeness (QED) is 0.198. The van der Waals surface area contributed by atoms with Gasteiger partial charge in [0.1, 0.15) is 0 Å². The molecule has 0 amide bonds. The molecule has 3 aromatic rings. The Balaban J connectivity index is 0.00000323. The predicted octanol–water partition coefficient (Wildman–Crippen LogP) is -2.12. The van der Waals surface area contributed by atoms with E-state index in [0.29, 0.717) is 5.92 Å². The van der Waals surface area contributed by atoms with Gasteiger partial charge in [-0.25, -0.2) is 0 Å². The maximum Gasteiger partial charge on any atom is -1.00 e. The van der Waals surface area contributed by atoms with Crippen LogP contribution in [0.25, 0.3) is 0 Å². The van der Waals surface area contributed by atoms with Crippen LogP contribution in [0, 0.1) is 47.5 Å². The van der Waals surface area contributed by atoms with Crippen molar-refractivity contribution >= 4 is 21.5 Å². The summed E-state index contributed by atoms with van der Waals surface area (Å²) in [5.74, 6) is 0.877. The zero-order valence-corrected chi connectivity index (χ0v) is 33.2. The molecule has 0 radical (unpaired) electrons. The van der Waals surface area contributed by atoms with Crippen LogP contribution >= 0.6 is 0 Å². The summed E-state index contributed by atoms with van der Waals surface area (Å²) in [4.78, 5) is 0. The van der Waals surface area contributed by atoms with Gasteiger partial charge in [0, 0.05) is 0 Å². The molecule has 1 atom stereocenters. The van der Waals surface area contributed by atoms with Crippen molar-refractivity contribution in [2.24, 2.45) is 5.92 Å². The molecule has 0 saturated carbocycles. The fraction of sp³-hybridized carbons (Fsp3) is 0.389. The fourth-order valence-electron chi connectivity index (χ4n) is 6.95. The first kappa shape index (κ1) is 40.4. The number of ether oxygens (including phenoxy) is 3. The van der Waals surface area contributed by atoms with E-state index in [1.165, 1.54) is 65.7 Å². The zero-order chi connectivity index (χ0) is 30.4. The van der Waals surface area contributed by atoms with E-state index in [9.17, 15) is 0 Å². The topological polar surface area (TPSA) is 27.7 Å². The molecular formula is C36H46Cl3O3SiTi. The van der Waals surface area contributed by atoms with Crippen LogP contribution in [-0.4, -0.2) is 27.3 Å². The Morgan fingerprint density at radius 2 is 0.773 bits per heavy atom. The van der Waals surface area contributed by atoms with Crippen molar-refractivity contribution in [2.45, 2.75) is 69.2 Å². The first-order chi connectivity index (χ1) is 19.3. The fourth-order valence-corrected chi connectivity index (χ4v) is 20.3. The summed E-state index contributed by atoms with van der Waals surface area (Å²) in [5.41, 5.74) is 11.7. The summed E-state index contributed by atoms with van der Waals surface area (Å²) < 4.78 is 19.3. The molecule has 3 aromatic carbocycles. The summed E-state index contributed by atoms with van der Waals surface area (Å²) >= 11 is -0.669. The Hall–Kier alpha value is -1.66. The van der Waals surface area contributed by atoms with E-state index in [2.05, 4.69) is 106 Å². The Morgan fingerprint density at radius 3 is 0.977 bits per heavy atom. The Bertz CT molecular complexity index is 1380. The van der Waals surface area contributed by atoms with Crippen LogP contribution in [-0.2, 0) is 18.4 Å². The number of rotatable bonds is 8. The van der Waals surface area contributed by atoms with Crippen molar-refractivity contribution in [3.63, 3.8) is 0 Å². The van der Waals surface area contributed by atoms with Crippen LogP contribution in [0.1, 0.15) is 61.1 Å². The smallest absolute Gasteiger partial charge is 1.00 e. The largest absolute Gasteiger partial charge is 1.00 e. The Morgan fingerprint density at radius 1 is 0.500 bits per heavy atom. The third kappa shape index (κ3) is 6.87. The molecule has 0 N–H and O–H groups in total. The number of halogens is 3. The standard InChI is InChI=1S/C27H33O3Si.C9H13.3ClH.Ti/c1-16-10-22(11-17(2)25(16)28-7)31(23-12-18(3)26(29-8)19(4)13-23)24-14-20(5)27(30-9)21(6)15-24;1-6-5-7(2)9(4)8(6)3;;;;/h10-15H,1-9H3;6H,1-4H3;3*1H;/q;;;;;+3/p-3. The number of methoxy groups -OCH3 is 3. The zero-order valence-electron chi connectivity index (χ0n) is 28.4. The van der Waals surface area contributed by atoms with Gasteiger partial charge in [-0.3, -0.25) is 0 Å². The summed E-state index contributed by atoms with van der Waals surface area (Å²) in [7, 11) is 5.35. The molecular weight excluding hydrogens is 663 g/mol. The Kier molecular flexibility index (Phi) is 14.5. The van der Waals surface area contributed by atoms with E-state index in [1.807, 2.05) is 0 Å². The van der Waals surface area contributed by atoms with Crippen LogP contribution in [0.4, 0.5) is 0 Å². The second kappa shape index (κ2) is 15.8. The van der Waals surface area contributed by atoms with Crippen molar-refractivity contribution in [2.75, 3.05) is 21.3 Å². The minimum Gasteiger partial charge on any atom is -1.00 e. The number of hydrogen-bond acceptors (Lipinski definition) is 3. The molecule has 0 bridgehead atoms. The molecule has 3 nitrogen and oxygen atoms in total. The van der Waals surface area contributed by atoms with Crippen molar-refractivity contribution < 1.29 is 69.8 Å². The summed E-state index contributed by atoms with van der Waals surface area (Å²) in [6.45, 7) is 22.6. The van der Waals surface area contributed by atoms with Gasteiger partial charge in [-0.1, -0.05) is 0 Å². The monoisotopic (exact) mass is 707 g/mol. The minimum absolute atomic E-state index is 0. The van der Waals surface area contributed by atoms with Crippen LogP contribution in [0.2, 0.25) is 0 Å². The van der Waals surface area contributed by atoms with Crippen LogP contribution < -0.4 is 67.0 Å². The first-order valence-corrected chi connectivity index (χ1v) is 19.6. The van der Waals surface area contributed by atoms with E-state index in [0.717, 1.165) is 17.2 Å². The van der Waals surface area contributed by atoms with Gasteiger partial charge in [0.2, 0.25) is 0 Å². The van der Waals surface area contributed by atoms with Crippen LogP contribution in [0.5, 0.6) is 17.2 Å². The second-order valence-corrected chi connectivity index (χ2v) is 20.9. The average molecular weight is 709 g/mol. The third-order valence-electron chi connectivity index (χ3n) is 9.26. The van der Waals surface area contributed by atoms with Crippen molar-refractivity contribution in [3.8, 4) is 17.2 Å². The van der Waals surface area contributed by atoms with Gasteiger partial charge in [0.25, 0.3) is 0 Å². The molecule has 44 heavy (non-hydrogen) atoms. The van der Waals surface area contributed by atoms with Gasteiger partial charge < -0.3 is 37.2 Å². The van der Waals surface area contributed by atoms with E-state index in [1.54, 1.807) is 25.2 Å². The van der Waals surface area contributed by atoms with E-state index in [4.69, 9.17) is 14.2 Å². The number of aryl methyl sites for hydroxylation is 6. The van der Waals surface area contributed by atoms with Gasteiger partial charge >= 0.3 is 258 Å². The number of benzene rings is 3. The normalized spacial score (nSPS) is 14.3. The van der Waals surface area contributed by atoms with Gasteiger partial charge in [-0.2, -0.15) is 0 Å².